The zero-order valence-corrected chi connectivity index (χ0v) is 17.9. The predicted molar refractivity (Wildman–Crippen MR) is 116 cm³/mol. The van der Waals surface area contributed by atoms with Crippen molar-refractivity contribution < 1.29 is 23.8 Å². The Hall–Kier alpha value is -2.77. The zero-order valence-electron chi connectivity index (χ0n) is 17.2. The second-order valence-electron chi connectivity index (χ2n) is 7.18. The molecule has 1 fully saturated rings. The van der Waals surface area contributed by atoms with Crippen LogP contribution in [0.3, 0.4) is 0 Å². The normalized spacial score (nSPS) is 15.7. The Morgan fingerprint density at radius 3 is 2.37 bits per heavy atom. The van der Waals surface area contributed by atoms with Gasteiger partial charge in [0.1, 0.15) is 6.10 Å². The van der Waals surface area contributed by atoms with Crippen molar-refractivity contribution >= 4 is 34.8 Å². The van der Waals surface area contributed by atoms with Crippen molar-refractivity contribution in [2.75, 3.05) is 24.4 Å². The molecule has 2 amide bonds. The first-order valence-corrected chi connectivity index (χ1v) is 10.1. The Balaban J connectivity index is 1.66. The van der Waals surface area contributed by atoms with E-state index in [4.69, 9.17) is 25.8 Å². The maximum absolute atomic E-state index is 12.7. The summed E-state index contributed by atoms with van der Waals surface area (Å²) >= 11 is 6.29. The number of benzene rings is 2. The Morgan fingerprint density at radius 2 is 1.80 bits per heavy atom. The van der Waals surface area contributed by atoms with Crippen LogP contribution in [0.25, 0.3) is 0 Å². The fourth-order valence-corrected chi connectivity index (χ4v) is 3.30. The zero-order chi connectivity index (χ0) is 21.7. The van der Waals surface area contributed by atoms with Gasteiger partial charge in [-0.25, -0.2) is 0 Å². The topological polar surface area (TPSA) is 85.9 Å². The average molecular weight is 433 g/mol. The molecule has 0 bridgehead atoms. The second-order valence-corrected chi connectivity index (χ2v) is 7.59. The van der Waals surface area contributed by atoms with Crippen molar-refractivity contribution in [3.05, 3.63) is 47.0 Å². The van der Waals surface area contributed by atoms with E-state index in [2.05, 4.69) is 10.6 Å². The molecule has 1 atom stereocenters. The van der Waals surface area contributed by atoms with Crippen LogP contribution in [0.15, 0.2) is 36.4 Å². The van der Waals surface area contributed by atoms with Gasteiger partial charge in [-0.2, -0.15) is 0 Å². The van der Waals surface area contributed by atoms with E-state index in [-0.39, 0.29) is 17.9 Å². The van der Waals surface area contributed by atoms with Crippen LogP contribution in [0, 0.1) is 0 Å². The molecule has 3 rings (SSSR count). The lowest BCUT2D eigenvalue weighted by atomic mass is 10.1. The molecule has 0 saturated carbocycles. The van der Waals surface area contributed by atoms with Gasteiger partial charge in [-0.3, -0.25) is 9.59 Å². The molecule has 2 aromatic rings. The highest BCUT2D eigenvalue weighted by molar-refractivity contribution is 6.32. The molecule has 1 saturated heterocycles. The Bertz CT molecular complexity index is 908. The summed E-state index contributed by atoms with van der Waals surface area (Å²) in [4.78, 5) is 24.8. The largest absolute Gasteiger partial charge is 0.493 e. The number of methoxy groups -OCH3 is 1. The standard InChI is InChI=1S/C22H25ClN2O5/c1-13(2)30-20-17(23)11-14(12-19(20)28-3)21(26)24-15-6-8-16(9-7-15)25-22(27)18-5-4-10-29-18/h6-9,11-13,18H,4-5,10H2,1-3H3,(H,24,26)(H,25,27)/t18-/m1/s1. The first kappa shape index (κ1) is 21.9. The van der Waals surface area contributed by atoms with E-state index in [9.17, 15) is 9.59 Å². The maximum Gasteiger partial charge on any atom is 0.255 e. The van der Waals surface area contributed by atoms with Crippen molar-refractivity contribution in [1.29, 1.82) is 0 Å². The SMILES string of the molecule is COc1cc(C(=O)Nc2ccc(NC(=O)[C@H]3CCCO3)cc2)cc(Cl)c1OC(C)C. The van der Waals surface area contributed by atoms with Crippen LogP contribution in [-0.2, 0) is 9.53 Å². The highest BCUT2D eigenvalue weighted by Crippen LogP contribution is 2.37. The molecule has 30 heavy (non-hydrogen) atoms. The third-order valence-corrected chi connectivity index (χ3v) is 4.76. The average Bonchev–Trinajstić information content (AvgIpc) is 3.25. The number of ether oxygens (including phenoxy) is 3. The molecular formula is C22H25ClN2O5. The molecular weight excluding hydrogens is 408 g/mol. The minimum Gasteiger partial charge on any atom is -0.493 e. The molecule has 0 unspecified atom stereocenters. The third-order valence-electron chi connectivity index (χ3n) is 4.48. The summed E-state index contributed by atoms with van der Waals surface area (Å²) < 4.78 is 16.4. The van der Waals surface area contributed by atoms with Gasteiger partial charge >= 0.3 is 0 Å². The monoisotopic (exact) mass is 432 g/mol. The fourth-order valence-electron chi connectivity index (χ4n) is 3.05. The molecule has 1 heterocycles. The summed E-state index contributed by atoms with van der Waals surface area (Å²) in [6.45, 7) is 4.37. The Kier molecular flexibility index (Phi) is 7.18. The Morgan fingerprint density at radius 1 is 1.13 bits per heavy atom. The lowest BCUT2D eigenvalue weighted by Gasteiger charge is -2.16. The van der Waals surface area contributed by atoms with Crippen molar-refractivity contribution in [3.63, 3.8) is 0 Å². The van der Waals surface area contributed by atoms with E-state index < -0.39 is 6.10 Å². The van der Waals surface area contributed by atoms with Crippen LogP contribution in [0.1, 0.15) is 37.0 Å². The number of hydrogen-bond donors (Lipinski definition) is 2. The molecule has 7 nitrogen and oxygen atoms in total. The van der Waals surface area contributed by atoms with E-state index in [0.29, 0.717) is 40.1 Å². The minimum atomic E-state index is -0.397. The molecule has 0 aromatic heterocycles. The van der Waals surface area contributed by atoms with Crippen LogP contribution in [0.5, 0.6) is 11.5 Å². The van der Waals surface area contributed by atoms with Gasteiger partial charge in [0.15, 0.2) is 11.5 Å². The van der Waals surface area contributed by atoms with Gasteiger partial charge in [0.05, 0.1) is 18.2 Å². The molecule has 1 aliphatic rings. The highest BCUT2D eigenvalue weighted by Gasteiger charge is 2.23. The van der Waals surface area contributed by atoms with Crippen LogP contribution in [0.2, 0.25) is 5.02 Å². The van der Waals surface area contributed by atoms with Crippen LogP contribution >= 0.6 is 11.6 Å². The highest BCUT2D eigenvalue weighted by atomic mass is 35.5. The van der Waals surface area contributed by atoms with E-state index in [1.54, 1.807) is 30.3 Å². The number of amides is 2. The number of nitrogens with one attached hydrogen (secondary N) is 2. The first-order chi connectivity index (χ1) is 14.4. The van der Waals surface area contributed by atoms with Crippen molar-refractivity contribution in [2.24, 2.45) is 0 Å². The van der Waals surface area contributed by atoms with Gasteiger partial charge in [0.25, 0.3) is 11.8 Å². The molecule has 160 valence electrons. The number of carbonyl (C=O) groups excluding carboxylic acids is 2. The van der Waals surface area contributed by atoms with E-state index >= 15 is 0 Å². The summed E-state index contributed by atoms with van der Waals surface area (Å²) in [7, 11) is 1.49. The summed E-state index contributed by atoms with van der Waals surface area (Å²) in [6, 6.07) is 9.96. The third kappa shape index (κ3) is 5.43. The molecule has 0 spiro atoms. The van der Waals surface area contributed by atoms with Gasteiger partial charge in [-0.15, -0.1) is 0 Å². The molecule has 0 aliphatic carbocycles. The first-order valence-electron chi connectivity index (χ1n) is 9.75. The van der Waals surface area contributed by atoms with Crippen LogP contribution < -0.4 is 20.1 Å². The number of carbonyl (C=O) groups is 2. The number of halogens is 1. The van der Waals surface area contributed by atoms with Gasteiger partial charge < -0.3 is 24.8 Å². The van der Waals surface area contributed by atoms with E-state index in [1.807, 2.05) is 13.8 Å². The molecule has 1 aliphatic heterocycles. The van der Waals surface area contributed by atoms with Gasteiger partial charge in [0, 0.05) is 23.5 Å². The number of anilines is 2. The molecule has 0 radical (unpaired) electrons. The number of hydrogen-bond acceptors (Lipinski definition) is 5. The van der Waals surface area contributed by atoms with Crippen molar-refractivity contribution in [3.8, 4) is 11.5 Å². The molecule has 2 N–H and O–H groups in total. The maximum atomic E-state index is 12.7. The Labute approximate surface area is 180 Å². The van der Waals surface area contributed by atoms with E-state index in [1.165, 1.54) is 13.2 Å². The van der Waals surface area contributed by atoms with Gasteiger partial charge in [-0.05, 0) is 63.1 Å². The minimum absolute atomic E-state index is 0.0877. The predicted octanol–water partition coefficient (Wildman–Crippen LogP) is 4.51. The van der Waals surface area contributed by atoms with Crippen LogP contribution in [0.4, 0.5) is 11.4 Å². The number of rotatable bonds is 7. The lowest BCUT2D eigenvalue weighted by Crippen LogP contribution is -2.26. The summed E-state index contributed by atoms with van der Waals surface area (Å²) in [5.41, 5.74) is 1.55. The van der Waals surface area contributed by atoms with Crippen LogP contribution in [-0.4, -0.2) is 37.7 Å². The smallest absolute Gasteiger partial charge is 0.255 e. The van der Waals surface area contributed by atoms with E-state index in [0.717, 1.165) is 12.8 Å². The quantitative estimate of drug-likeness (QED) is 0.672. The summed E-state index contributed by atoms with van der Waals surface area (Å²) in [6.07, 6.45) is 1.14. The van der Waals surface area contributed by atoms with Gasteiger partial charge in [-0.1, -0.05) is 11.6 Å². The molecule has 2 aromatic carbocycles. The second kappa shape index (κ2) is 9.82. The van der Waals surface area contributed by atoms with Crippen molar-refractivity contribution in [1.82, 2.24) is 0 Å². The molecule has 8 heteroatoms. The summed E-state index contributed by atoms with van der Waals surface area (Å²) in [5, 5.41) is 5.91. The van der Waals surface area contributed by atoms with Gasteiger partial charge in [0.2, 0.25) is 0 Å². The summed E-state index contributed by atoms with van der Waals surface area (Å²) in [5.74, 6) is 0.280. The lowest BCUT2D eigenvalue weighted by molar-refractivity contribution is -0.124. The fraction of sp³-hybridized carbons (Fsp3) is 0.364. The van der Waals surface area contributed by atoms with Crippen molar-refractivity contribution in [2.45, 2.75) is 38.9 Å².